The summed E-state index contributed by atoms with van der Waals surface area (Å²) in [5.41, 5.74) is 2.06. The van der Waals surface area contributed by atoms with Gasteiger partial charge in [-0.2, -0.15) is 0 Å². The third kappa shape index (κ3) is 7.30. The van der Waals surface area contributed by atoms with Crippen molar-refractivity contribution in [1.82, 2.24) is 10.2 Å². The molecule has 0 radical (unpaired) electrons. The van der Waals surface area contributed by atoms with Crippen LogP contribution in [0.15, 0.2) is 66.7 Å². The lowest BCUT2D eigenvalue weighted by Gasteiger charge is -2.20. The summed E-state index contributed by atoms with van der Waals surface area (Å²) in [7, 11) is 0. The number of rotatable bonds is 13. The molecule has 5 rings (SSSR count). The largest absolute Gasteiger partial charge is 0.492 e. The van der Waals surface area contributed by atoms with E-state index in [9.17, 15) is 13.6 Å². The smallest absolute Gasteiger partial charge is 0.347 e. The fraction of sp³-hybridized carbons (Fsp3) is 0.387. The summed E-state index contributed by atoms with van der Waals surface area (Å²) in [5, 5.41) is 4.39. The van der Waals surface area contributed by atoms with Crippen molar-refractivity contribution in [1.29, 1.82) is 0 Å². The van der Waals surface area contributed by atoms with Gasteiger partial charge in [-0.15, -0.1) is 0 Å². The predicted octanol–water partition coefficient (Wildman–Crippen LogP) is 5.27. The molecule has 2 fully saturated rings. The zero-order valence-corrected chi connectivity index (χ0v) is 23.1. The van der Waals surface area contributed by atoms with Gasteiger partial charge < -0.3 is 19.5 Å². The predicted molar refractivity (Wildman–Crippen MR) is 149 cm³/mol. The normalized spacial score (nSPS) is 20.6. The third-order valence-corrected chi connectivity index (χ3v) is 7.65. The molecule has 0 aromatic heterocycles. The van der Waals surface area contributed by atoms with Crippen molar-refractivity contribution in [3.8, 4) is 11.5 Å². The highest BCUT2D eigenvalue weighted by atomic mass is 35.5. The first kappa shape index (κ1) is 28.3. The zero-order chi connectivity index (χ0) is 28.1. The quantitative estimate of drug-likeness (QED) is 0.223. The van der Waals surface area contributed by atoms with Gasteiger partial charge in [0.15, 0.2) is 17.7 Å². The number of nitrogens with zero attached hydrogens (tertiary/aromatic N) is 1. The number of piperidine rings is 1. The zero-order valence-electron chi connectivity index (χ0n) is 22.3. The number of carbonyl (C=O) groups excluding carboxylic acids is 1. The van der Waals surface area contributed by atoms with Gasteiger partial charge in [-0.1, -0.05) is 35.9 Å². The third-order valence-electron chi connectivity index (χ3n) is 7.40. The van der Waals surface area contributed by atoms with Crippen molar-refractivity contribution in [2.75, 3.05) is 32.8 Å². The van der Waals surface area contributed by atoms with Gasteiger partial charge in [0, 0.05) is 49.7 Å². The highest BCUT2D eigenvalue weighted by Crippen LogP contribution is 2.45. The van der Waals surface area contributed by atoms with Gasteiger partial charge in [-0.05, 0) is 66.3 Å². The summed E-state index contributed by atoms with van der Waals surface area (Å²) in [6, 6.07) is 18.8. The fourth-order valence-corrected chi connectivity index (χ4v) is 5.48. The maximum absolute atomic E-state index is 14.1. The average Bonchev–Trinajstić information content (AvgIpc) is 3.39. The van der Waals surface area contributed by atoms with Gasteiger partial charge in [0.1, 0.15) is 18.2 Å². The number of benzene rings is 3. The number of ether oxygens (including phenoxy) is 3. The maximum atomic E-state index is 14.1. The Balaban J connectivity index is 1.04. The van der Waals surface area contributed by atoms with Crippen LogP contribution in [-0.2, 0) is 22.5 Å². The van der Waals surface area contributed by atoms with E-state index in [-0.39, 0.29) is 18.8 Å². The number of nitrogens with one attached hydrogen (secondary N) is 1. The van der Waals surface area contributed by atoms with E-state index in [1.54, 1.807) is 6.92 Å². The lowest BCUT2D eigenvalue weighted by molar-refractivity contribution is -0.151. The van der Waals surface area contributed by atoms with Crippen LogP contribution in [0.5, 0.6) is 11.5 Å². The lowest BCUT2D eigenvalue weighted by Crippen LogP contribution is -2.33. The summed E-state index contributed by atoms with van der Waals surface area (Å²) < 4.78 is 44.1. The summed E-state index contributed by atoms with van der Waals surface area (Å²) in [6.07, 6.45) is -0.983. The minimum absolute atomic E-state index is 0.135. The highest BCUT2D eigenvalue weighted by Gasteiger charge is 2.55. The van der Waals surface area contributed by atoms with Crippen LogP contribution in [0.2, 0.25) is 5.02 Å². The molecule has 2 unspecified atom stereocenters. The van der Waals surface area contributed by atoms with Crippen LogP contribution < -0.4 is 14.8 Å². The first-order valence-corrected chi connectivity index (χ1v) is 14.0. The van der Waals surface area contributed by atoms with Crippen LogP contribution in [-0.4, -0.2) is 55.9 Å². The minimum Gasteiger partial charge on any atom is -0.492 e. The molecule has 3 atom stereocenters. The topological polar surface area (TPSA) is 60.0 Å². The van der Waals surface area contributed by atoms with E-state index >= 15 is 0 Å². The van der Waals surface area contributed by atoms with Crippen LogP contribution in [0, 0.1) is 23.5 Å². The van der Waals surface area contributed by atoms with E-state index in [1.165, 1.54) is 5.56 Å². The first-order valence-electron chi connectivity index (χ1n) is 13.6. The molecule has 3 aromatic rings. The molecule has 1 saturated carbocycles. The van der Waals surface area contributed by atoms with Crippen molar-refractivity contribution in [3.63, 3.8) is 0 Å². The number of halogens is 3. The first-order chi connectivity index (χ1) is 19.4. The fourth-order valence-electron chi connectivity index (χ4n) is 5.35. The van der Waals surface area contributed by atoms with Crippen LogP contribution >= 0.6 is 11.6 Å². The van der Waals surface area contributed by atoms with E-state index in [0.29, 0.717) is 30.2 Å². The van der Waals surface area contributed by atoms with Gasteiger partial charge in [0.05, 0.1) is 6.61 Å². The summed E-state index contributed by atoms with van der Waals surface area (Å²) in [4.78, 5) is 14.9. The average molecular weight is 571 g/mol. The molecule has 1 aliphatic heterocycles. The van der Waals surface area contributed by atoms with Crippen molar-refractivity contribution in [2.45, 2.75) is 32.0 Å². The molecule has 3 aromatic carbocycles. The molecular weight excluding hydrogens is 538 g/mol. The van der Waals surface area contributed by atoms with Crippen LogP contribution in [0.25, 0.3) is 0 Å². The van der Waals surface area contributed by atoms with Crippen LogP contribution in [0.1, 0.15) is 18.1 Å². The molecule has 1 aliphatic carbocycles. The van der Waals surface area contributed by atoms with Gasteiger partial charge in [0.2, 0.25) is 0 Å². The number of hydrogen-bond acceptors (Lipinski definition) is 6. The summed E-state index contributed by atoms with van der Waals surface area (Å²) in [5.74, 6) is -0.284. The van der Waals surface area contributed by atoms with Crippen molar-refractivity contribution >= 4 is 17.6 Å². The molecule has 6 nitrogen and oxygen atoms in total. The molecule has 40 heavy (non-hydrogen) atoms. The number of likely N-dealkylation sites (tertiary alicyclic amines) is 1. The van der Waals surface area contributed by atoms with E-state index in [2.05, 4.69) is 22.3 Å². The monoisotopic (exact) mass is 570 g/mol. The van der Waals surface area contributed by atoms with E-state index < -0.39 is 23.7 Å². The SMILES string of the molecule is CCOC(=O)[C@H](Cc1ccc(OCCNC2C3CN(Cc4ccc(Cl)cc4)CC32)cc1)Oc1cc(F)ccc1F. The van der Waals surface area contributed by atoms with Gasteiger partial charge in [-0.3, -0.25) is 4.90 Å². The second kappa shape index (κ2) is 13.0. The summed E-state index contributed by atoms with van der Waals surface area (Å²) >= 11 is 5.98. The van der Waals surface area contributed by atoms with Crippen molar-refractivity contribution in [2.24, 2.45) is 11.8 Å². The Morgan fingerprint density at radius 2 is 1.73 bits per heavy atom. The molecular formula is C31H33ClF2N2O4. The Morgan fingerprint density at radius 3 is 2.42 bits per heavy atom. The summed E-state index contributed by atoms with van der Waals surface area (Å²) in [6.45, 7) is 6.29. The van der Waals surface area contributed by atoms with Crippen molar-refractivity contribution in [3.05, 3.63) is 94.5 Å². The van der Waals surface area contributed by atoms with Crippen LogP contribution in [0.4, 0.5) is 8.78 Å². The Bertz CT molecular complexity index is 1280. The Morgan fingerprint density at radius 1 is 1.02 bits per heavy atom. The second-order valence-corrected chi connectivity index (χ2v) is 10.7. The van der Waals surface area contributed by atoms with Crippen LogP contribution in [0.3, 0.4) is 0 Å². The molecule has 2 aliphatic rings. The standard InChI is InChI=1S/C31H33ClF2N2O4/c1-2-38-31(37)29(40-28-16-23(33)9-12-27(28)34)15-20-5-10-24(11-6-20)39-14-13-35-30-25-18-36(19-26(25)30)17-21-3-7-22(32)8-4-21/h3-12,16,25-26,29-30,35H,2,13-15,17-19H2,1H3/t25?,26?,29-,30?/m0/s1. The van der Waals surface area contributed by atoms with Crippen molar-refractivity contribution < 1.29 is 27.8 Å². The molecule has 212 valence electrons. The number of esters is 1. The number of carbonyl (C=O) groups is 1. The number of fused-ring (bicyclic) bond motifs is 1. The lowest BCUT2D eigenvalue weighted by atomic mass is 10.1. The minimum atomic E-state index is -1.12. The van der Waals surface area contributed by atoms with Gasteiger partial charge in [0.25, 0.3) is 0 Å². The Labute approximate surface area is 238 Å². The van der Waals surface area contributed by atoms with E-state index in [0.717, 1.165) is 55.0 Å². The Hall–Kier alpha value is -3.20. The molecule has 0 spiro atoms. The van der Waals surface area contributed by atoms with Gasteiger partial charge in [-0.25, -0.2) is 13.6 Å². The van der Waals surface area contributed by atoms with E-state index in [1.807, 2.05) is 36.4 Å². The van der Waals surface area contributed by atoms with Gasteiger partial charge >= 0.3 is 5.97 Å². The molecule has 1 saturated heterocycles. The second-order valence-electron chi connectivity index (χ2n) is 10.3. The molecule has 0 amide bonds. The molecule has 1 N–H and O–H groups in total. The maximum Gasteiger partial charge on any atom is 0.347 e. The molecule has 9 heteroatoms. The Kier molecular flexibility index (Phi) is 9.19. The number of hydrogen-bond donors (Lipinski definition) is 1. The molecule has 0 bridgehead atoms. The van der Waals surface area contributed by atoms with E-state index in [4.69, 9.17) is 25.8 Å². The molecule has 1 heterocycles. The highest BCUT2D eigenvalue weighted by molar-refractivity contribution is 6.30.